The van der Waals surface area contributed by atoms with Crippen LogP contribution in [-0.2, 0) is 16.1 Å². The zero-order valence-electron chi connectivity index (χ0n) is 12.3. The molecule has 0 spiro atoms. The zero-order chi connectivity index (χ0) is 15.5. The topological polar surface area (TPSA) is 75.4 Å². The summed E-state index contributed by atoms with van der Waals surface area (Å²) in [5, 5.41) is 2.77. The number of amides is 2. The summed E-state index contributed by atoms with van der Waals surface area (Å²) in [6.07, 6.45) is 1.79. The highest BCUT2D eigenvalue weighted by atomic mass is 16.3. The molecular formula is C16H17N3O3. The Morgan fingerprint density at radius 2 is 2.27 bits per heavy atom. The Balaban J connectivity index is 1.61. The standard InChI is InChI=1S/C16H17N3O3/c1-11-4-2-6-14(17-11)18-16(21)12-8-15(20)19(9-12)10-13-5-3-7-22-13/h2-7,12H,8-10H2,1H3,(H,17,18,21)/t12-/m0/s1. The van der Waals surface area contributed by atoms with Crippen LogP contribution in [0.1, 0.15) is 17.9 Å². The van der Waals surface area contributed by atoms with Gasteiger partial charge in [-0.2, -0.15) is 0 Å². The van der Waals surface area contributed by atoms with Crippen LogP contribution in [0.25, 0.3) is 0 Å². The molecule has 0 aliphatic carbocycles. The Hall–Kier alpha value is -2.63. The van der Waals surface area contributed by atoms with Crippen LogP contribution in [0.2, 0.25) is 0 Å². The molecular weight excluding hydrogens is 282 g/mol. The second kappa shape index (κ2) is 6.01. The summed E-state index contributed by atoms with van der Waals surface area (Å²) in [7, 11) is 0. The highest BCUT2D eigenvalue weighted by molar-refractivity contribution is 5.96. The first-order chi connectivity index (χ1) is 10.6. The highest BCUT2D eigenvalue weighted by Gasteiger charge is 2.34. The first-order valence-electron chi connectivity index (χ1n) is 7.16. The van der Waals surface area contributed by atoms with Gasteiger partial charge in [-0.15, -0.1) is 0 Å². The quantitative estimate of drug-likeness (QED) is 0.936. The maximum atomic E-state index is 12.3. The number of pyridine rings is 1. The number of rotatable bonds is 4. The lowest BCUT2D eigenvalue weighted by molar-refractivity contribution is -0.128. The molecule has 0 unspecified atom stereocenters. The van der Waals surface area contributed by atoms with Gasteiger partial charge in [0.25, 0.3) is 0 Å². The fourth-order valence-electron chi connectivity index (χ4n) is 2.53. The number of carbonyl (C=O) groups is 2. The van der Waals surface area contributed by atoms with Gasteiger partial charge in [-0.3, -0.25) is 9.59 Å². The third kappa shape index (κ3) is 3.16. The number of aryl methyl sites for hydroxylation is 1. The van der Waals surface area contributed by atoms with E-state index >= 15 is 0 Å². The molecule has 114 valence electrons. The maximum Gasteiger partial charge on any atom is 0.230 e. The second-order valence-corrected chi connectivity index (χ2v) is 5.41. The van der Waals surface area contributed by atoms with Crippen LogP contribution in [0, 0.1) is 12.8 Å². The molecule has 1 saturated heterocycles. The van der Waals surface area contributed by atoms with Crippen LogP contribution < -0.4 is 5.32 Å². The van der Waals surface area contributed by atoms with Crippen molar-refractivity contribution in [3.8, 4) is 0 Å². The summed E-state index contributed by atoms with van der Waals surface area (Å²) in [5.74, 6) is 0.670. The molecule has 6 nitrogen and oxygen atoms in total. The lowest BCUT2D eigenvalue weighted by Gasteiger charge is -2.15. The third-order valence-electron chi connectivity index (χ3n) is 3.65. The minimum absolute atomic E-state index is 0.0336. The van der Waals surface area contributed by atoms with Gasteiger partial charge in [-0.05, 0) is 31.2 Å². The van der Waals surface area contributed by atoms with E-state index in [0.29, 0.717) is 18.9 Å². The molecule has 2 aromatic rings. The monoisotopic (exact) mass is 299 g/mol. The first kappa shape index (κ1) is 14.3. The summed E-state index contributed by atoms with van der Waals surface area (Å²) in [4.78, 5) is 30.2. The number of hydrogen-bond acceptors (Lipinski definition) is 4. The van der Waals surface area contributed by atoms with Gasteiger partial charge < -0.3 is 14.6 Å². The predicted octanol–water partition coefficient (Wildman–Crippen LogP) is 1.97. The lowest BCUT2D eigenvalue weighted by Crippen LogP contribution is -2.28. The average molecular weight is 299 g/mol. The summed E-state index contributed by atoms with van der Waals surface area (Å²) < 4.78 is 5.24. The van der Waals surface area contributed by atoms with Crippen molar-refractivity contribution >= 4 is 17.6 Å². The van der Waals surface area contributed by atoms with Crippen LogP contribution in [0.4, 0.5) is 5.82 Å². The van der Waals surface area contributed by atoms with Gasteiger partial charge in [0.15, 0.2) is 0 Å². The van der Waals surface area contributed by atoms with Crippen molar-refractivity contribution in [3.05, 3.63) is 48.0 Å². The molecule has 1 aliphatic heterocycles. The van der Waals surface area contributed by atoms with Gasteiger partial charge >= 0.3 is 0 Å². The Bertz CT molecular complexity index is 682. The van der Waals surface area contributed by atoms with Crippen molar-refractivity contribution in [1.29, 1.82) is 0 Å². The Kier molecular flexibility index (Phi) is 3.91. The molecule has 1 fully saturated rings. The van der Waals surface area contributed by atoms with Crippen molar-refractivity contribution in [3.63, 3.8) is 0 Å². The summed E-state index contributed by atoms with van der Waals surface area (Å²) in [6, 6.07) is 9.03. The molecule has 2 amide bonds. The smallest absolute Gasteiger partial charge is 0.230 e. The number of likely N-dealkylation sites (tertiary alicyclic amines) is 1. The van der Waals surface area contributed by atoms with Crippen molar-refractivity contribution < 1.29 is 14.0 Å². The predicted molar refractivity (Wildman–Crippen MR) is 79.8 cm³/mol. The van der Waals surface area contributed by atoms with Crippen molar-refractivity contribution in [1.82, 2.24) is 9.88 Å². The van der Waals surface area contributed by atoms with Gasteiger partial charge in [0.05, 0.1) is 18.7 Å². The van der Waals surface area contributed by atoms with E-state index in [-0.39, 0.29) is 24.2 Å². The lowest BCUT2D eigenvalue weighted by atomic mass is 10.1. The van der Waals surface area contributed by atoms with E-state index in [1.54, 1.807) is 23.3 Å². The molecule has 22 heavy (non-hydrogen) atoms. The number of furan rings is 1. The van der Waals surface area contributed by atoms with Crippen LogP contribution in [-0.4, -0.2) is 28.2 Å². The molecule has 3 heterocycles. The van der Waals surface area contributed by atoms with E-state index in [0.717, 1.165) is 11.5 Å². The first-order valence-corrected chi connectivity index (χ1v) is 7.16. The largest absolute Gasteiger partial charge is 0.467 e. The molecule has 6 heteroatoms. The highest BCUT2D eigenvalue weighted by Crippen LogP contribution is 2.21. The second-order valence-electron chi connectivity index (χ2n) is 5.41. The average Bonchev–Trinajstić information content (AvgIpc) is 3.10. The number of aromatic nitrogens is 1. The Labute approximate surface area is 128 Å². The molecule has 0 bridgehead atoms. The number of nitrogens with one attached hydrogen (secondary N) is 1. The van der Waals surface area contributed by atoms with Gasteiger partial charge in [0, 0.05) is 18.7 Å². The summed E-state index contributed by atoms with van der Waals surface area (Å²) >= 11 is 0. The molecule has 0 saturated carbocycles. The number of nitrogens with zero attached hydrogens (tertiary/aromatic N) is 2. The number of hydrogen-bond donors (Lipinski definition) is 1. The maximum absolute atomic E-state index is 12.3. The Morgan fingerprint density at radius 3 is 3.00 bits per heavy atom. The van der Waals surface area contributed by atoms with E-state index in [1.807, 2.05) is 25.1 Å². The van der Waals surface area contributed by atoms with Crippen molar-refractivity contribution in [2.45, 2.75) is 19.9 Å². The van der Waals surface area contributed by atoms with Crippen LogP contribution in [0.3, 0.4) is 0 Å². The van der Waals surface area contributed by atoms with E-state index in [9.17, 15) is 9.59 Å². The molecule has 1 aliphatic rings. The summed E-state index contributed by atoms with van der Waals surface area (Å²) in [6.45, 7) is 2.66. The SMILES string of the molecule is Cc1cccc(NC(=O)[C@H]2CC(=O)N(Cc3ccco3)C2)n1. The molecule has 1 atom stereocenters. The molecule has 0 radical (unpaired) electrons. The normalized spacial score (nSPS) is 17.8. The van der Waals surface area contributed by atoms with E-state index in [4.69, 9.17) is 4.42 Å². The fraction of sp³-hybridized carbons (Fsp3) is 0.312. The molecule has 2 aromatic heterocycles. The fourth-order valence-corrected chi connectivity index (χ4v) is 2.53. The minimum Gasteiger partial charge on any atom is -0.467 e. The van der Waals surface area contributed by atoms with Crippen LogP contribution >= 0.6 is 0 Å². The zero-order valence-corrected chi connectivity index (χ0v) is 12.3. The number of anilines is 1. The van der Waals surface area contributed by atoms with Crippen molar-refractivity contribution in [2.75, 3.05) is 11.9 Å². The number of carbonyl (C=O) groups excluding carboxylic acids is 2. The Morgan fingerprint density at radius 1 is 1.41 bits per heavy atom. The van der Waals surface area contributed by atoms with Gasteiger partial charge in [-0.25, -0.2) is 4.98 Å². The van der Waals surface area contributed by atoms with Gasteiger partial charge in [0.1, 0.15) is 11.6 Å². The van der Waals surface area contributed by atoms with Crippen molar-refractivity contribution in [2.24, 2.45) is 5.92 Å². The molecule has 3 rings (SSSR count). The summed E-state index contributed by atoms with van der Waals surface area (Å²) in [5.41, 5.74) is 0.833. The van der Waals surface area contributed by atoms with Crippen LogP contribution in [0.5, 0.6) is 0 Å². The third-order valence-corrected chi connectivity index (χ3v) is 3.65. The van der Waals surface area contributed by atoms with Gasteiger partial charge in [-0.1, -0.05) is 6.07 Å². The van der Waals surface area contributed by atoms with Gasteiger partial charge in [0.2, 0.25) is 11.8 Å². The van der Waals surface area contributed by atoms with E-state index in [2.05, 4.69) is 10.3 Å². The minimum atomic E-state index is -0.357. The molecule has 1 N–H and O–H groups in total. The van der Waals surface area contributed by atoms with E-state index < -0.39 is 0 Å². The van der Waals surface area contributed by atoms with Crippen LogP contribution in [0.15, 0.2) is 41.0 Å². The van der Waals surface area contributed by atoms with E-state index in [1.165, 1.54) is 0 Å². The molecule has 0 aromatic carbocycles.